The van der Waals surface area contributed by atoms with Crippen LogP contribution in [-0.4, -0.2) is 16.8 Å². The number of carbonyl (C=O) groups is 1. The van der Waals surface area contributed by atoms with E-state index < -0.39 is 5.92 Å². The number of carbonyl (C=O) groups excluding carboxylic acids is 1. The number of benzene rings is 3. The Labute approximate surface area is 163 Å². The standard InChI is InChI=1S/C23H20N2O3/c1-15(21-19-9-5-6-10-20(19)28-23(21)27)22(16-11-13-18(26)14-12-16)25-24-17-7-3-2-4-8-17/h2-15,21,24,26H,1H3. The van der Waals surface area contributed by atoms with Crippen molar-refractivity contribution in [2.75, 3.05) is 5.43 Å². The molecule has 0 aromatic heterocycles. The van der Waals surface area contributed by atoms with Crippen LogP contribution in [0, 0.1) is 5.92 Å². The summed E-state index contributed by atoms with van der Waals surface area (Å²) in [5, 5.41) is 14.3. The molecule has 1 aliphatic rings. The highest BCUT2D eigenvalue weighted by Gasteiger charge is 2.39. The van der Waals surface area contributed by atoms with Crippen LogP contribution in [0.3, 0.4) is 0 Å². The largest absolute Gasteiger partial charge is 0.508 e. The molecule has 0 bridgehead atoms. The number of para-hydroxylation sites is 2. The van der Waals surface area contributed by atoms with Crippen molar-refractivity contribution in [1.29, 1.82) is 0 Å². The van der Waals surface area contributed by atoms with Crippen LogP contribution in [0.25, 0.3) is 0 Å². The molecule has 4 rings (SSSR count). The Hall–Kier alpha value is -3.60. The van der Waals surface area contributed by atoms with Crippen molar-refractivity contribution in [2.45, 2.75) is 12.8 Å². The molecule has 0 fully saturated rings. The zero-order valence-corrected chi connectivity index (χ0v) is 15.4. The summed E-state index contributed by atoms with van der Waals surface area (Å²) in [6.45, 7) is 1.96. The molecule has 1 aliphatic heterocycles. The highest BCUT2D eigenvalue weighted by molar-refractivity contribution is 6.06. The highest BCUT2D eigenvalue weighted by atomic mass is 16.5. The molecule has 0 amide bonds. The number of hydrazone groups is 1. The van der Waals surface area contributed by atoms with E-state index in [0.717, 1.165) is 16.8 Å². The van der Waals surface area contributed by atoms with Crippen LogP contribution < -0.4 is 10.2 Å². The summed E-state index contributed by atoms with van der Waals surface area (Å²) >= 11 is 0. The smallest absolute Gasteiger partial charge is 0.319 e. The molecule has 1 heterocycles. The molecule has 0 saturated carbocycles. The number of nitrogens with zero attached hydrogens (tertiary/aromatic N) is 1. The second-order valence-corrected chi connectivity index (χ2v) is 6.75. The van der Waals surface area contributed by atoms with E-state index in [4.69, 9.17) is 4.74 Å². The van der Waals surface area contributed by atoms with Crippen molar-refractivity contribution < 1.29 is 14.6 Å². The van der Waals surface area contributed by atoms with Gasteiger partial charge in [-0.25, -0.2) is 0 Å². The van der Waals surface area contributed by atoms with E-state index in [-0.39, 0.29) is 17.6 Å². The first kappa shape index (κ1) is 17.8. The third kappa shape index (κ3) is 3.47. The number of nitrogens with one attached hydrogen (secondary N) is 1. The predicted molar refractivity (Wildman–Crippen MR) is 109 cm³/mol. The summed E-state index contributed by atoms with van der Waals surface area (Å²) in [6, 6.07) is 23.9. The molecule has 2 N–H and O–H groups in total. The van der Waals surface area contributed by atoms with E-state index in [1.165, 1.54) is 0 Å². The molecule has 2 atom stereocenters. The van der Waals surface area contributed by atoms with Gasteiger partial charge in [-0.3, -0.25) is 10.2 Å². The van der Waals surface area contributed by atoms with Crippen LogP contribution in [0.5, 0.6) is 11.5 Å². The number of ether oxygens (including phenoxy) is 1. The molecule has 140 valence electrons. The Morgan fingerprint density at radius 1 is 1.00 bits per heavy atom. The van der Waals surface area contributed by atoms with Gasteiger partial charge in [-0.05, 0) is 48.0 Å². The molecule has 3 aromatic rings. The lowest BCUT2D eigenvalue weighted by Gasteiger charge is -2.20. The van der Waals surface area contributed by atoms with Gasteiger partial charge in [0.25, 0.3) is 0 Å². The van der Waals surface area contributed by atoms with E-state index in [1.54, 1.807) is 30.3 Å². The van der Waals surface area contributed by atoms with Crippen molar-refractivity contribution in [3.63, 3.8) is 0 Å². The molecular weight excluding hydrogens is 352 g/mol. The van der Waals surface area contributed by atoms with Gasteiger partial charge < -0.3 is 9.84 Å². The van der Waals surface area contributed by atoms with E-state index in [1.807, 2.05) is 55.5 Å². The number of phenols is 1. The third-order valence-corrected chi connectivity index (χ3v) is 4.89. The van der Waals surface area contributed by atoms with Crippen LogP contribution in [-0.2, 0) is 4.79 Å². The number of fused-ring (bicyclic) bond motifs is 1. The zero-order valence-electron chi connectivity index (χ0n) is 15.4. The van der Waals surface area contributed by atoms with Crippen LogP contribution in [0.2, 0.25) is 0 Å². The van der Waals surface area contributed by atoms with Crippen molar-refractivity contribution in [2.24, 2.45) is 11.0 Å². The number of hydrogen-bond acceptors (Lipinski definition) is 5. The highest BCUT2D eigenvalue weighted by Crippen LogP contribution is 2.40. The Morgan fingerprint density at radius 3 is 2.43 bits per heavy atom. The summed E-state index contributed by atoms with van der Waals surface area (Å²) in [5.74, 6) is -0.180. The minimum absolute atomic E-state index is 0.178. The van der Waals surface area contributed by atoms with Gasteiger partial charge in [0.05, 0.1) is 17.3 Å². The minimum Gasteiger partial charge on any atom is -0.508 e. The second kappa shape index (κ2) is 7.56. The van der Waals surface area contributed by atoms with Crippen LogP contribution in [0.4, 0.5) is 5.69 Å². The molecule has 3 aromatic carbocycles. The van der Waals surface area contributed by atoms with Gasteiger partial charge >= 0.3 is 5.97 Å². The van der Waals surface area contributed by atoms with Gasteiger partial charge in [0.1, 0.15) is 11.5 Å². The molecule has 0 aliphatic carbocycles. The first-order valence-electron chi connectivity index (χ1n) is 9.12. The maximum atomic E-state index is 12.6. The first-order valence-corrected chi connectivity index (χ1v) is 9.12. The molecule has 5 nitrogen and oxygen atoms in total. The minimum atomic E-state index is -0.443. The third-order valence-electron chi connectivity index (χ3n) is 4.89. The Bertz CT molecular complexity index is 1010. The van der Waals surface area contributed by atoms with E-state index in [2.05, 4.69) is 10.5 Å². The molecule has 28 heavy (non-hydrogen) atoms. The van der Waals surface area contributed by atoms with Gasteiger partial charge in [-0.15, -0.1) is 0 Å². The summed E-state index contributed by atoms with van der Waals surface area (Å²) < 4.78 is 5.45. The van der Waals surface area contributed by atoms with E-state index in [0.29, 0.717) is 11.5 Å². The number of aromatic hydroxyl groups is 1. The van der Waals surface area contributed by atoms with E-state index >= 15 is 0 Å². The normalized spacial score (nSPS) is 17.0. The number of esters is 1. The van der Waals surface area contributed by atoms with Crippen molar-refractivity contribution in [3.8, 4) is 11.5 Å². The van der Waals surface area contributed by atoms with Crippen LogP contribution >= 0.6 is 0 Å². The monoisotopic (exact) mass is 372 g/mol. The zero-order chi connectivity index (χ0) is 19.5. The number of anilines is 1. The Balaban J connectivity index is 1.72. The summed E-state index contributed by atoms with van der Waals surface area (Å²) in [5.41, 5.74) is 6.32. The van der Waals surface area contributed by atoms with E-state index in [9.17, 15) is 9.90 Å². The second-order valence-electron chi connectivity index (χ2n) is 6.75. The van der Waals surface area contributed by atoms with Gasteiger partial charge in [0.2, 0.25) is 0 Å². The summed E-state index contributed by atoms with van der Waals surface area (Å²) in [4.78, 5) is 12.6. The lowest BCUT2D eigenvalue weighted by molar-refractivity contribution is -0.134. The fraction of sp³-hybridized carbons (Fsp3) is 0.130. The van der Waals surface area contributed by atoms with Crippen LogP contribution in [0.1, 0.15) is 24.0 Å². The lowest BCUT2D eigenvalue weighted by Crippen LogP contribution is -2.26. The Kier molecular flexibility index (Phi) is 4.81. The topological polar surface area (TPSA) is 70.9 Å². The molecule has 5 heteroatoms. The molecule has 0 radical (unpaired) electrons. The first-order chi connectivity index (χ1) is 13.6. The fourth-order valence-electron chi connectivity index (χ4n) is 3.46. The van der Waals surface area contributed by atoms with Crippen molar-refractivity contribution in [1.82, 2.24) is 0 Å². The number of hydrogen-bond donors (Lipinski definition) is 2. The van der Waals surface area contributed by atoms with Crippen molar-refractivity contribution >= 4 is 17.4 Å². The van der Waals surface area contributed by atoms with Gasteiger partial charge in [0.15, 0.2) is 0 Å². The maximum Gasteiger partial charge on any atom is 0.319 e. The summed E-state index contributed by atoms with van der Waals surface area (Å²) in [7, 11) is 0. The number of phenolic OH excluding ortho intramolecular Hbond substituents is 1. The number of rotatable bonds is 5. The van der Waals surface area contributed by atoms with Gasteiger partial charge in [0, 0.05) is 11.5 Å². The predicted octanol–water partition coefficient (Wildman–Crippen LogP) is 4.55. The SMILES string of the molecule is CC(C(=NNc1ccccc1)c1ccc(O)cc1)C1C(=O)Oc2ccccc21. The average molecular weight is 372 g/mol. The van der Waals surface area contributed by atoms with Crippen molar-refractivity contribution in [3.05, 3.63) is 90.0 Å². The molecular formula is C23H20N2O3. The summed E-state index contributed by atoms with van der Waals surface area (Å²) in [6.07, 6.45) is 0. The molecule has 2 unspecified atom stereocenters. The fourth-order valence-corrected chi connectivity index (χ4v) is 3.46. The lowest BCUT2D eigenvalue weighted by atomic mass is 9.83. The molecule has 0 spiro atoms. The van der Waals surface area contributed by atoms with Gasteiger partial charge in [-0.1, -0.05) is 43.3 Å². The van der Waals surface area contributed by atoms with Gasteiger partial charge in [-0.2, -0.15) is 5.10 Å². The quantitative estimate of drug-likeness (QED) is 0.298. The Morgan fingerprint density at radius 2 is 1.68 bits per heavy atom. The maximum absolute atomic E-state index is 12.6. The van der Waals surface area contributed by atoms with Crippen LogP contribution in [0.15, 0.2) is 84.0 Å². The molecule has 0 saturated heterocycles. The average Bonchev–Trinajstić information content (AvgIpc) is 3.05.